The molecule has 4 heterocycles. The highest BCUT2D eigenvalue weighted by molar-refractivity contribution is 5.86. The topological polar surface area (TPSA) is 108 Å². The predicted molar refractivity (Wildman–Crippen MR) is 129 cm³/mol. The minimum absolute atomic E-state index is 0.265. The predicted octanol–water partition coefficient (Wildman–Crippen LogP) is 5.24. The zero-order chi connectivity index (χ0) is 24.9. The number of unbranched alkanes of at least 4 members (excludes halogenated alkanes) is 1. The fourth-order valence-electron chi connectivity index (χ4n) is 5.15. The van der Waals surface area contributed by atoms with Crippen LogP contribution in [-0.4, -0.2) is 30.3 Å². The molecule has 0 aliphatic carbocycles. The fourth-order valence-corrected chi connectivity index (χ4v) is 5.15. The molecule has 36 heavy (non-hydrogen) atoms. The van der Waals surface area contributed by atoms with Crippen LogP contribution in [0, 0.1) is 18.6 Å². The monoisotopic (exact) mass is 489 g/mol. The first kappa shape index (κ1) is 22.5. The zero-order valence-electron chi connectivity index (χ0n) is 19.9. The lowest BCUT2D eigenvalue weighted by Crippen LogP contribution is -2.51. The molecule has 8 nitrogen and oxygen atoms in total. The maximum atomic E-state index is 14.1. The Morgan fingerprint density at radius 1 is 1.08 bits per heavy atom. The summed E-state index contributed by atoms with van der Waals surface area (Å²) in [6.45, 7) is 3.89. The molecule has 0 radical (unpaired) electrons. The van der Waals surface area contributed by atoms with Crippen molar-refractivity contribution in [2.24, 2.45) is 0 Å². The lowest BCUT2D eigenvalue weighted by Gasteiger charge is -2.39. The molecule has 0 fully saturated rings. The van der Waals surface area contributed by atoms with Gasteiger partial charge in [0.05, 0.1) is 6.04 Å². The summed E-state index contributed by atoms with van der Waals surface area (Å²) in [5.74, 6) is 1.48. The van der Waals surface area contributed by atoms with Crippen LogP contribution in [0.2, 0.25) is 0 Å². The molecule has 184 valence electrons. The second-order valence-electron chi connectivity index (χ2n) is 9.27. The summed E-state index contributed by atoms with van der Waals surface area (Å²) in [4.78, 5) is 12.8. The largest absolute Gasteiger partial charge is 0.356 e. The van der Waals surface area contributed by atoms with Gasteiger partial charge in [0.1, 0.15) is 23.0 Å². The van der Waals surface area contributed by atoms with Crippen molar-refractivity contribution in [1.82, 2.24) is 35.6 Å². The van der Waals surface area contributed by atoms with Gasteiger partial charge in [-0.3, -0.25) is 10.4 Å². The average molecular weight is 490 g/mol. The molecule has 2 aromatic carbocycles. The van der Waals surface area contributed by atoms with Crippen LogP contribution in [0.25, 0.3) is 22.3 Å². The van der Waals surface area contributed by atoms with Crippen molar-refractivity contribution in [3.8, 4) is 11.4 Å². The van der Waals surface area contributed by atoms with Crippen LogP contribution in [0.5, 0.6) is 0 Å². The summed E-state index contributed by atoms with van der Waals surface area (Å²) in [6.07, 6.45) is 3.14. The van der Waals surface area contributed by atoms with Crippen molar-refractivity contribution in [2.45, 2.75) is 51.1 Å². The van der Waals surface area contributed by atoms with Gasteiger partial charge in [-0.2, -0.15) is 10.1 Å². The number of nitrogens with zero attached hydrogens (tertiary/aromatic N) is 4. The molecule has 10 heteroatoms. The highest BCUT2D eigenvalue weighted by atomic mass is 19.1. The summed E-state index contributed by atoms with van der Waals surface area (Å²) in [5, 5.41) is 16.5. The van der Waals surface area contributed by atoms with Crippen LogP contribution in [0.4, 0.5) is 8.78 Å². The Labute approximate surface area is 205 Å². The van der Waals surface area contributed by atoms with Gasteiger partial charge < -0.3 is 9.51 Å². The molecule has 0 saturated carbocycles. The smallest absolute Gasteiger partial charge is 0.223 e. The number of H-pyrrole nitrogens is 2. The third-order valence-electron chi connectivity index (χ3n) is 6.87. The number of aromatic nitrogens is 6. The second kappa shape index (κ2) is 8.63. The Morgan fingerprint density at radius 3 is 2.64 bits per heavy atom. The number of aryl methyl sites for hydroxylation is 1. The molecule has 1 aliphatic heterocycles. The van der Waals surface area contributed by atoms with Gasteiger partial charge in [-0.05, 0) is 60.9 Å². The number of aromatic amines is 2. The quantitative estimate of drug-likeness (QED) is 0.301. The molecule has 2 atom stereocenters. The number of fused-ring (bicyclic) bond motifs is 3. The van der Waals surface area contributed by atoms with E-state index < -0.39 is 5.54 Å². The summed E-state index contributed by atoms with van der Waals surface area (Å²) >= 11 is 0. The van der Waals surface area contributed by atoms with Gasteiger partial charge in [-0.25, -0.2) is 13.8 Å². The van der Waals surface area contributed by atoms with E-state index in [2.05, 4.69) is 37.6 Å². The number of nitrogens with one attached hydrogen (secondary N) is 3. The summed E-state index contributed by atoms with van der Waals surface area (Å²) < 4.78 is 32.9. The number of hydrogen-bond donors (Lipinski definition) is 3. The van der Waals surface area contributed by atoms with Crippen LogP contribution in [0.1, 0.15) is 61.0 Å². The average Bonchev–Trinajstić information content (AvgIpc) is 3.61. The molecule has 0 amide bonds. The van der Waals surface area contributed by atoms with Crippen LogP contribution >= 0.6 is 0 Å². The van der Waals surface area contributed by atoms with E-state index in [4.69, 9.17) is 9.51 Å². The molecule has 0 saturated heterocycles. The highest BCUT2D eigenvalue weighted by Gasteiger charge is 2.47. The first-order chi connectivity index (χ1) is 17.5. The van der Waals surface area contributed by atoms with Crippen molar-refractivity contribution in [3.63, 3.8) is 0 Å². The van der Waals surface area contributed by atoms with E-state index in [-0.39, 0.29) is 17.7 Å². The van der Waals surface area contributed by atoms with Gasteiger partial charge in [0.15, 0.2) is 11.6 Å². The molecule has 3 aromatic heterocycles. The van der Waals surface area contributed by atoms with Crippen LogP contribution in [0.3, 0.4) is 0 Å². The van der Waals surface area contributed by atoms with Gasteiger partial charge in [0.25, 0.3) is 0 Å². The fraction of sp³-hybridized carbons (Fsp3) is 0.308. The Balaban J connectivity index is 1.50. The lowest BCUT2D eigenvalue weighted by atomic mass is 9.79. The standard InChI is InChI=1S/C26H25F2N7O/c1-3-4-11-26(25-29-14(2)36-35-25)22-19(18-10-9-17(28)12-20(18)30-22)13-21(32-26)24-31-23(33-34-24)15-5-7-16(27)8-6-15/h5-10,12,21,30,32H,3-4,11,13H2,1-2H3,(H,31,33,34)/t21-,26-/m1/s1. The molecule has 0 unspecified atom stereocenters. The summed E-state index contributed by atoms with van der Waals surface area (Å²) in [6, 6.07) is 10.6. The Kier molecular flexibility index (Phi) is 5.40. The summed E-state index contributed by atoms with van der Waals surface area (Å²) in [5.41, 5.74) is 2.58. The first-order valence-corrected chi connectivity index (χ1v) is 12.0. The van der Waals surface area contributed by atoms with Crippen LogP contribution < -0.4 is 5.32 Å². The lowest BCUT2D eigenvalue weighted by molar-refractivity contribution is 0.256. The van der Waals surface area contributed by atoms with E-state index in [1.165, 1.54) is 24.3 Å². The van der Waals surface area contributed by atoms with Crippen LogP contribution in [0.15, 0.2) is 47.0 Å². The van der Waals surface area contributed by atoms with E-state index in [0.29, 0.717) is 47.3 Å². The number of halogens is 2. The summed E-state index contributed by atoms with van der Waals surface area (Å²) in [7, 11) is 0. The first-order valence-electron chi connectivity index (χ1n) is 12.0. The molecule has 5 aromatic rings. The van der Waals surface area contributed by atoms with Crippen LogP contribution in [-0.2, 0) is 12.0 Å². The van der Waals surface area contributed by atoms with E-state index in [0.717, 1.165) is 29.5 Å². The SMILES string of the molecule is CCCC[C@@]1(c2noc(C)n2)N[C@@H](c2nc(-c3ccc(F)cc3)n[nH]2)Cc2c1[nH]c1cc(F)ccc21. The highest BCUT2D eigenvalue weighted by Crippen LogP contribution is 2.44. The third-order valence-corrected chi connectivity index (χ3v) is 6.87. The van der Waals surface area contributed by atoms with Crippen molar-refractivity contribution in [2.75, 3.05) is 0 Å². The van der Waals surface area contributed by atoms with Crippen molar-refractivity contribution < 1.29 is 13.3 Å². The third kappa shape index (κ3) is 3.69. The molecule has 6 rings (SSSR count). The van der Waals surface area contributed by atoms with Crippen molar-refractivity contribution >= 4 is 10.9 Å². The van der Waals surface area contributed by atoms with E-state index in [1.807, 2.05) is 0 Å². The zero-order valence-corrected chi connectivity index (χ0v) is 19.9. The Hall–Kier alpha value is -3.92. The minimum atomic E-state index is -0.801. The van der Waals surface area contributed by atoms with E-state index >= 15 is 0 Å². The minimum Gasteiger partial charge on any atom is -0.356 e. The van der Waals surface area contributed by atoms with Gasteiger partial charge in [0.2, 0.25) is 5.89 Å². The molecule has 0 spiro atoms. The number of rotatable bonds is 6. The normalized spacial score (nSPS) is 19.6. The van der Waals surface area contributed by atoms with Crippen molar-refractivity contribution in [3.05, 3.63) is 82.9 Å². The molecular weight excluding hydrogens is 464 g/mol. The van der Waals surface area contributed by atoms with Gasteiger partial charge in [-0.1, -0.05) is 24.9 Å². The van der Waals surface area contributed by atoms with Gasteiger partial charge in [-0.15, -0.1) is 0 Å². The van der Waals surface area contributed by atoms with Gasteiger partial charge >= 0.3 is 0 Å². The number of hydrogen-bond acceptors (Lipinski definition) is 6. The van der Waals surface area contributed by atoms with Crippen molar-refractivity contribution in [1.29, 1.82) is 0 Å². The van der Waals surface area contributed by atoms with E-state index in [9.17, 15) is 8.78 Å². The maximum absolute atomic E-state index is 14.1. The Morgan fingerprint density at radius 2 is 1.89 bits per heavy atom. The Bertz CT molecular complexity index is 1540. The molecule has 3 N–H and O–H groups in total. The van der Waals surface area contributed by atoms with Gasteiger partial charge in [0, 0.05) is 29.1 Å². The molecular formula is C26H25F2N7O. The second-order valence-corrected chi connectivity index (χ2v) is 9.27. The van der Waals surface area contributed by atoms with E-state index in [1.54, 1.807) is 25.1 Å². The molecule has 0 bridgehead atoms. The number of benzene rings is 2. The maximum Gasteiger partial charge on any atom is 0.223 e. The molecule has 1 aliphatic rings.